The molecule has 0 aliphatic rings. The molecule has 1 heterocycles. The van der Waals surface area contributed by atoms with Gasteiger partial charge in [0, 0.05) is 19.5 Å². The Morgan fingerprint density at radius 3 is 2.79 bits per heavy atom. The number of methoxy groups -OCH3 is 1. The summed E-state index contributed by atoms with van der Waals surface area (Å²) in [5, 5.41) is 16.2. The van der Waals surface area contributed by atoms with Crippen LogP contribution in [0.4, 0.5) is 0 Å². The molecule has 0 fully saturated rings. The number of rotatable bonds is 3. The maximum absolute atomic E-state index is 8.93. The highest BCUT2D eigenvalue weighted by molar-refractivity contribution is 5.88. The molecule has 1 aromatic heterocycles. The van der Waals surface area contributed by atoms with Crippen LogP contribution in [0.3, 0.4) is 0 Å². The molecule has 0 saturated carbocycles. The second-order valence-electron chi connectivity index (χ2n) is 3.69. The van der Waals surface area contributed by atoms with Crippen LogP contribution in [0.15, 0.2) is 23.6 Å². The summed E-state index contributed by atoms with van der Waals surface area (Å²) >= 11 is 0. The summed E-state index contributed by atoms with van der Waals surface area (Å²) in [5.41, 5.74) is -0.379. The number of hydrogen-bond acceptors (Lipinski definition) is 4. The van der Waals surface area contributed by atoms with Gasteiger partial charge in [0.1, 0.15) is 0 Å². The Balaban J connectivity index is 2.94. The lowest BCUT2D eigenvalue weighted by molar-refractivity contribution is 0.137. The predicted molar refractivity (Wildman–Crippen MR) is 52.5 cm³/mol. The molecule has 1 aromatic rings. The fourth-order valence-electron chi connectivity index (χ4n) is 1.31. The third-order valence-corrected chi connectivity index (χ3v) is 1.93. The van der Waals surface area contributed by atoms with Gasteiger partial charge in [-0.3, -0.25) is 0 Å². The first kappa shape index (κ1) is 10.7. The molecule has 0 saturated heterocycles. The Labute approximate surface area is 83.0 Å². The molecule has 14 heavy (non-hydrogen) atoms. The normalized spacial score (nSPS) is 13.2. The molecule has 0 radical (unpaired) electrons. The Morgan fingerprint density at radius 1 is 1.64 bits per heavy atom. The van der Waals surface area contributed by atoms with Crippen molar-refractivity contribution in [3.8, 4) is 0 Å². The van der Waals surface area contributed by atoms with E-state index in [1.807, 2.05) is 13.8 Å². The number of oxime groups is 1. The molecule has 0 aromatic carbocycles. The summed E-state index contributed by atoms with van der Waals surface area (Å²) in [6, 6.07) is 1.77. The van der Waals surface area contributed by atoms with Crippen molar-refractivity contribution in [1.29, 1.82) is 0 Å². The van der Waals surface area contributed by atoms with Crippen molar-refractivity contribution in [1.82, 2.24) is 9.78 Å². The zero-order valence-corrected chi connectivity index (χ0v) is 8.64. The van der Waals surface area contributed by atoms with Gasteiger partial charge in [0.15, 0.2) is 5.84 Å². The van der Waals surface area contributed by atoms with E-state index in [4.69, 9.17) is 9.94 Å². The van der Waals surface area contributed by atoms with Gasteiger partial charge in [-0.1, -0.05) is 19.0 Å². The van der Waals surface area contributed by atoms with Crippen molar-refractivity contribution in [2.45, 2.75) is 13.8 Å². The molecule has 1 N–H and O–H groups in total. The molecule has 5 nitrogen and oxygen atoms in total. The van der Waals surface area contributed by atoms with Crippen molar-refractivity contribution >= 4 is 5.84 Å². The van der Waals surface area contributed by atoms with Crippen molar-refractivity contribution in [2.75, 3.05) is 13.7 Å². The van der Waals surface area contributed by atoms with Crippen LogP contribution in [0.25, 0.3) is 0 Å². The third-order valence-electron chi connectivity index (χ3n) is 1.93. The molecule has 0 atom stereocenters. The van der Waals surface area contributed by atoms with E-state index in [2.05, 4.69) is 10.3 Å². The van der Waals surface area contributed by atoms with Gasteiger partial charge >= 0.3 is 0 Å². The van der Waals surface area contributed by atoms with Crippen molar-refractivity contribution in [2.24, 2.45) is 10.6 Å². The van der Waals surface area contributed by atoms with E-state index in [1.54, 1.807) is 25.6 Å². The van der Waals surface area contributed by atoms with Gasteiger partial charge < -0.3 is 9.94 Å². The monoisotopic (exact) mass is 197 g/mol. The molecule has 0 aliphatic heterocycles. The van der Waals surface area contributed by atoms with Crippen LogP contribution in [0.1, 0.15) is 13.8 Å². The number of hydrogen-bond donors (Lipinski definition) is 1. The quantitative estimate of drug-likeness (QED) is 0.343. The van der Waals surface area contributed by atoms with Crippen LogP contribution in [-0.2, 0) is 4.74 Å². The van der Waals surface area contributed by atoms with Gasteiger partial charge in [-0.25, -0.2) is 4.68 Å². The Hall–Kier alpha value is -1.36. The van der Waals surface area contributed by atoms with Crippen LogP contribution < -0.4 is 0 Å². The summed E-state index contributed by atoms with van der Waals surface area (Å²) in [4.78, 5) is 0. The molecule has 1 rings (SSSR count). The maximum Gasteiger partial charge on any atom is 0.176 e. The second kappa shape index (κ2) is 4.23. The minimum atomic E-state index is -0.379. The lowest BCUT2D eigenvalue weighted by Crippen LogP contribution is -2.35. The van der Waals surface area contributed by atoms with Gasteiger partial charge in [-0.2, -0.15) is 5.10 Å². The lowest BCUT2D eigenvalue weighted by Gasteiger charge is -2.23. The smallest absolute Gasteiger partial charge is 0.176 e. The molecule has 0 unspecified atom stereocenters. The Morgan fingerprint density at radius 2 is 2.36 bits per heavy atom. The summed E-state index contributed by atoms with van der Waals surface area (Å²) < 4.78 is 6.58. The molecule has 78 valence electrons. The highest BCUT2D eigenvalue weighted by Gasteiger charge is 2.27. The second-order valence-corrected chi connectivity index (χ2v) is 3.69. The molecular weight excluding hydrogens is 182 g/mol. The fraction of sp³-hybridized carbons (Fsp3) is 0.556. The number of nitrogens with zero attached hydrogens (tertiary/aromatic N) is 3. The Kier molecular flexibility index (Phi) is 3.24. The third kappa shape index (κ3) is 2.11. The van der Waals surface area contributed by atoms with E-state index in [9.17, 15) is 0 Å². The molecular formula is C9H15N3O2. The first-order valence-corrected chi connectivity index (χ1v) is 4.33. The zero-order valence-electron chi connectivity index (χ0n) is 8.64. The van der Waals surface area contributed by atoms with E-state index in [1.165, 1.54) is 4.68 Å². The first-order chi connectivity index (χ1) is 6.61. The van der Waals surface area contributed by atoms with Crippen molar-refractivity contribution in [3.63, 3.8) is 0 Å². The lowest BCUT2D eigenvalue weighted by atomic mass is 9.93. The van der Waals surface area contributed by atoms with Crippen LogP contribution >= 0.6 is 0 Å². The highest BCUT2D eigenvalue weighted by Crippen LogP contribution is 2.18. The highest BCUT2D eigenvalue weighted by atomic mass is 16.5. The van der Waals surface area contributed by atoms with Crippen LogP contribution in [-0.4, -0.2) is 34.5 Å². The average molecular weight is 197 g/mol. The molecule has 0 bridgehead atoms. The summed E-state index contributed by atoms with van der Waals surface area (Å²) in [5.74, 6) is 0.462. The SMILES string of the molecule is COCC(C)(C)C(=NO)n1cccn1. The Bertz CT molecular complexity index is 304. The van der Waals surface area contributed by atoms with Gasteiger partial charge in [-0.15, -0.1) is 0 Å². The van der Waals surface area contributed by atoms with E-state index in [0.717, 1.165) is 0 Å². The average Bonchev–Trinajstić information content (AvgIpc) is 2.57. The molecule has 0 aliphatic carbocycles. The number of ether oxygens (including phenoxy) is 1. The molecule has 5 heteroatoms. The van der Waals surface area contributed by atoms with E-state index in [-0.39, 0.29) is 5.41 Å². The minimum absolute atomic E-state index is 0.379. The van der Waals surface area contributed by atoms with Gasteiger partial charge in [0.25, 0.3) is 0 Å². The fourth-order valence-corrected chi connectivity index (χ4v) is 1.31. The van der Waals surface area contributed by atoms with Gasteiger partial charge in [0.2, 0.25) is 0 Å². The topological polar surface area (TPSA) is 59.6 Å². The van der Waals surface area contributed by atoms with E-state index < -0.39 is 0 Å². The summed E-state index contributed by atoms with van der Waals surface area (Å²) in [6.07, 6.45) is 3.36. The minimum Gasteiger partial charge on any atom is -0.409 e. The largest absolute Gasteiger partial charge is 0.409 e. The summed E-state index contributed by atoms with van der Waals surface area (Å²) in [6.45, 7) is 4.31. The van der Waals surface area contributed by atoms with Crippen LogP contribution in [0, 0.1) is 5.41 Å². The van der Waals surface area contributed by atoms with Crippen LogP contribution in [0.2, 0.25) is 0 Å². The standard InChI is InChI=1S/C9H15N3O2/c1-9(2,7-14-3)8(11-13)12-6-4-5-10-12/h4-6,13H,7H2,1-3H3. The van der Waals surface area contributed by atoms with E-state index >= 15 is 0 Å². The van der Waals surface area contributed by atoms with Gasteiger partial charge in [-0.05, 0) is 6.07 Å². The molecule has 0 amide bonds. The zero-order chi connectivity index (χ0) is 10.6. The van der Waals surface area contributed by atoms with Crippen molar-refractivity contribution in [3.05, 3.63) is 18.5 Å². The number of aromatic nitrogens is 2. The predicted octanol–water partition coefficient (Wildman–Crippen LogP) is 1.19. The van der Waals surface area contributed by atoms with Crippen molar-refractivity contribution < 1.29 is 9.94 Å². The maximum atomic E-state index is 8.93. The van der Waals surface area contributed by atoms with Gasteiger partial charge in [0.05, 0.1) is 12.0 Å². The van der Waals surface area contributed by atoms with E-state index in [0.29, 0.717) is 12.4 Å². The molecule has 0 spiro atoms. The summed E-state index contributed by atoms with van der Waals surface area (Å²) in [7, 11) is 1.61. The first-order valence-electron chi connectivity index (χ1n) is 4.33. The van der Waals surface area contributed by atoms with Crippen LogP contribution in [0.5, 0.6) is 0 Å².